The van der Waals surface area contributed by atoms with Gasteiger partial charge < -0.3 is 12.0 Å². The fraction of sp³-hybridized carbons (Fsp3) is 0. The Labute approximate surface area is 183 Å². The predicted molar refractivity (Wildman–Crippen MR) is 11.9 cm³/mol. The Morgan fingerprint density at radius 3 is 1.12 bits per heavy atom. The molecule has 0 atom stereocenters. The second kappa shape index (κ2) is 22.8. The van der Waals surface area contributed by atoms with E-state index < -0.39 is 11.4 Å². The van der Waals surface area contributed by atoms with Crippen LogP contribution in [0, 0.1) is 0 Å². The number of hydrogen-bond acceptors (Lipinski definition) is 3. The zero-order valence-electron chi connectivity index (χ0n) is 7.63. The fourth-order valence-electron chi connectivity index (χ4n) is 0. The molecule has 3 nitrogen and oxygen atoms in total. The summed E-state index contributed by atoms with van der Waals surface area (Å²) in [4.78, 5) is 0. The van der Waals surface area contributed by atoms with Crippen LogP contribution in [0.2, 0.25) is 0 Å². The van der Waals surface area contributed by atoms with Crippen LogP contribution in [0.15, 0.2) is 0 Å². The van der Waals surface area contributed by atoms with E-state index in [1.165, 1.54) is 0 Å². The van der Waals surface area contributed by atoms with E-state index in [-0.39, 0.29) is 165 Å². The van der Waals surface area contributed by atoms with Crippen LogP contribution in [0.1, 0.15) is 2.85 Å². The van der Waals surface area contributed by atoms with Crippen LogP contribution in [0.5, 0.6) is 0 Å². The third kappa shape index (κ3) is 42.5. The van der Waals surface area contributed by atoms with Gasteiger partial charge in [0.1, 0.15) is 0 Å². The topological polar surface area (TPSA) is 63.2 Å². The number of rotatable bonds is 0. The average Bonchev–Trinajstić information content (AvgIpc) is 0.811. The van der Waals surface area contributed by atoms with Crippen LogP contribution >= 0.6 is 0 Å². The van der Waals surface area contributed by atoms with Gasteiger partial charge in [-0.25, -0.2) is 0 Å². The monoisotopic (exact) mass is 206 g/mol. The molecule has 0 heterocycles. The van der Waals surface area contributed by atoms with Crippen molar-refractivity contribution >= 4 is 11.4 Å². The van der Waals surface area contributed by atoms with Crippen molar-refractivity contribution in [2.45, 2.75) is 0 Å². The molecule has 0 aliphatic carbocycles. The van der Waals surface area contributed by atoms with Gasteiger partial charge in [-0.1, -0.05) is 0 Å². The quantitative estimate of drug-likeness (QED) is 0.292. The third-order valence-electron chi connectivity index (χ3n) is 0. The molecular formula is H2K2Na2O3S. The summed E-state index contributed by atoms with van der Waals surface area (Å²) in [7, 11) is 0. The van der Waals surface area contributed by atoms with Crippen LogP contribution in [0.4, 0.5) is 0 Å². The molecule has 0 rings (SSSR count). The maximum Gasteiger partial charge on any atom is 1.00 e. The van der Waals surface area contributed by atoms with Crippen molar-refractivity contribution < 1.29 is 178 Å². The SMILES string of the molecule is O=S([O-])[O-].[H-].[H-].[K+].[K+].[Na+].[Na+]. The van der Waals surface area contributed by atoms with Crippen LogP contribution in [-0.4, -0.2) is 13.3 Å². The molecule has 0 saturated carbocycles. The molecule has 0 saturated heterocycles. The Morgan fingerprint density at radius 1 is 1.12 bits per heavy atom. The molecule has 0 aromatic carbocycles. The summed E-state index contributed by atoms with van der Waals surface area (Å²) >= 11 is -3.11. The largest absolute Gasteiger partial charge is 1.00 e. The van der Waals surface area contributed by atoms with Crippen LogP contribution in [0.25, 0.3) is 0 Å². The molecule has 0 aromatic rings. The maximum absolute atomic E-state index is 8.44. The maximum atomic E-state index is 8.44. The third-order valence-corrected chi connectivity index (χ3v) is 0. The van der Waals surface area contributed by atoms with Crippen LogP contribution < -0.4 is 162 Å². The summed E-state index contributed by atoms with van der Waals surface area (Å²) in [6.45, 7) is 0. The first-order valence-corrected chi connectivity index (χ1v) is 1.50. The van der Waals surface area contributed by atoms with Gasteiger partial charge in [-0.05, 0) is 0 Å². The minimum absolute atomic E-state index is 0. The van der Waals surface area contributed by atoms with E-state index in [9.17, 15) is 0 Å². The van der Waals surface area contributed by atoms with Crippen molar-refractivity contribution in [1.29, 1.82) is 0 Å². The minimum Gasteiger partial charge on any atom is -1.00 e. The predicted octanol–water partition coefficient (Wildman–Crippen LogP) is -12.8. The Bertz CT molecular complexity index is 45.5. The Balaban J connectivity index is -0.00000000300. The van der Waals surface area contributed by atoms with Crippen molar-refractivity contribution in [2.75, 3.05) is 0 Å². The molecule has 0 radical (unpaired) electrons. The van der Waals surface area contributed by atoms with Crippen molar-refractivity contribution in [3.63, 3.8) is 0 Å². The summed E-state index contributed by atoms with van der Waals surface area (Å²) in [6, 6.07) is 0. The van der Waals surface area contributed by atoms with E-state index in [1.54, 1.807) is 0 Å². The van der Waals surface area contributed by atoms with Gasteiger partial charge in [-0.15, -0.1) is 11.4 Å². The minimum atomic E-state index is -3.11. The van der Waals surface area contributed by atoms with Crippen molar-refractivity contribution in [3.8, 4) is 0 Å². The summed E-state index contributed by atoms with van der Waals surface area (Å²) in [5, 5.41) is 0. The molecule has 0 amide bonds. The molecule has 0 aromatic heterocycles. The summed E-state index contributed by atoms with van der Waals surface area (Å²) in [5.74, 6) is 0. The van der Waals surface area contributed by atoms with E-state index in [4.69, 9.17) is 13.3 Å². The van der Waals surface area contributed by atoms with Gasteiger partial charge in [0, 0.05) is 0 Å². The summed E-state index contributed by atoms with van der Waals surface area (Å²) in [5.41, 5.74) is 0. The van der Waals surface area contributed by atoms with Crippen LogP contribution in [0.3, 0.4) is 0 Å². The second-order valence-electron chi connectivity index (χ2n) is 0.204. The van der Waals surface area contributed by atoms with Gasteiger partial charge in [0.15, 0.2) is 0 Å². The molecule has 30 valence electrons. The average molecular weight is 206 g/mol. The molecule has 0 aliphatic rings. The van der Waals surface area contributed by atoms with Gasteiger partial charge in [-0.2, -0.15) is 0 Å². The first-order chi connectivity index (χ1) is 1.73. The van der Waals surface area contributed by atoms with Crippen molar-refractivity contribution in [1.82, 2.24) is 0 Å². The fourth-order valence-corrected chi connectivity index (χ4v) is 0. The van der Waals surface area contributed by atoms with Crippen LogP contribution in [-0.2, 0) is 11.4 Å². The first kappa shape index (κ1) is 29.2. The Morgan fingerprint density at radius 2 is 1.12 bits per heavy atom. The van der Waals surface area contributed by atoms with Crippen molar-refractivity contribution in [3.05, 3.63) is 0 Å². The zero-order chi connectivity index (χ0) is 3.58. The standard InChI is InChI=1S/2K.2Na.H2O3S.2H/c;;;;1-4(2)3;;/h;;;;(H2,1,2,3);;/q4*+1;;2*-1/p-2. The van der Waals surface area contributed by atoms with E-state index in [0.717, 1.165) is 0 Å². The summed E-state index contributed by atoms with van der Waals surface area (Å²) < 4.78 is 25.3. The van der Waals surface area contributed by atoms with Gasteiger partial charge in [-0.3, -0.25) is 4.21 Å². The molecule has 0 aliphatic heterocycles. The Hall–Kier alpha value is 5.34. The molecule has 0 unspecified atom stereocenters. The first-order valence-electron chi connectivity index (χ1n) is 0.500. The molecule has 0 fully saturated rings. The van der Waals surface area contributed by atoms with E-state index >= 15 is 0 Å². The molecule has 8 heteroatoms. The van der Waals surface area contributed by atoms with Gasteiger partial charge in [0.05, 0.1) is 0 Å². The molecule has 0 bridgehead atoms. The van der Waals surface area contributed by atoms with E-state index in [2.05, 4.69) is 0 Å². The van der Waals surface area contributed by atoms with E-state index in [0.29, 0.717) is 0 Å². The molecule has 0 spiro atoms. The molecule has 8 heavy (non-hydrogen) atoms. The van der Waals surface area contributed by atoms with Gasteiger partial charge in [0.2, 0.25) is 0 Å². The Kier molecular flexibility index (Phi) is 83.3. The molecule has 0 N–H and O–H groups in total. The number of hydrogen-bond donors (Lipinski definition) is 0. The van der Waals surface area contributed by atoms with E-state index in [1.807, 2.05) is 0 Å². The second-order valence-corrected chi connectivity index (χ2v) is 0.612. The molecular weight excluding hydrogens is 204 g/mol. The smallest absolute Gasteiger partial charge is 1.00 e. The van der Waals surface area contributed by atoms with Gasteiger partial charge >= 0.3 is 162 Å². The summed E-state index contributed by atoms with van der Waals surface area (Å²) in [6.07, 6.45) is 0. The normalized spacial score (nSPS) is 4.38. The van der Waals surface area contributed by atoms with Crippen molar-refractivity contribution in [2.24, 2.45) is 0 Å². The zero-order valence-corrected chi connectivity index (χ0v) is 16.7. The van der Waals surface area contributed by atoms with Gasteiger partial charge in [0.25, 0.3) is 0 Å².